The third-order valence-electron chi connectivity index (χ3n) is 5.88. The van der Waals surface area contributed by atoms with E-state index in [0.717, 1.165) is 16.7 Å². The maximum Gasteiger partial charge on any atom is 0.272 e. The molecule has 1 aromatic rings. The van der Waals surface area contributed by atoms with Crippen molar-refractivity contribution in [3.05, 3.63) is 28.8 Å². The number of nitrogens with one attached hydrogen (secondary N) is 3. The van der Waals surface area contributed by atoms with E-state index in [1.807, 2.05) is 48.5 Å². The van der Waals surface area contributed by atoms with Gasteiger partial charge in [-0.2, -0.15) is 0 Å². The molecule has 1 aromatic carbocycles. The zero-order valence-electron chi connectivity index (χ0n) is 22.3. The van der Waals surface area contributed by atoms with Crippen LogP contribution in [0.25, 0.3) is 0 Å². The number of aliphatic hydroxyl groups is 1. The molecule has 0 aliphatic carbocycles. The fourth-order valence-electron chi connectivity index (χ4n) is 3.85. The molecule has 0 spiro atoms. The molecular weight excluding hydrogens is 434 g/mol. The van der Waals surface area contributed by atoms with Gasteiger partial charge in [-0.3, -0.25) is 19.6 Å². The molecule has 0 aromatic heterocycles. The lowest BCUT2D eigenvalue weighted by Crippen LogP contribution is -2.55. The molecule has 8 heteroatoms. The van der Waals surface area contributed by atoms with Crippen molar-refractivity contribution in [2.75, 3.05) is 5.32 Å². The van der Waals surface area contributed by atoms with Crippen LogP contribution in [0.5, 0.6) is 0 Å². The van der Waals surface area contributed by atoms with Gasteiger partial charge in [0.2, 0.25) is 11.8 Å². The minimum absolute atomic E-state index is 0.00886. The van der Waals surface area contributed by atoms with Crippen molar-refractivity contribution in [1.29, 1.82) is 0 Å². The lowest BCUT2D eigenvalue weighted by Gasteiger charge is -2.33. The summed E-state index contributed by atoms with van der Waals surface area (Å²) >= 11 is 0. The highest BCUT2D eigenvalue weighted by Gasteiger charge is 2.38. The summed E-state index contributed by atoms with van der Waals surface area (Å²) < 4.78 is 0. The number of hydrogen-bond donors (Lipinski definition) is 5. The third kappa shape index (κ3) is 7.81. The largest absolute Gasteiger partial charge is 0.382 e. The Hall–Kier alpha value is -2.45. The molecule has 0 aliphatic heterocycles. The molecule has 0 aliphatic rings. The summed E-state index contributed by atoms with van der Waals surface area (Å²) in [6.45, 7) is 19.4. The molecule has 3 amide bonds. The Morgan fingerprint density at radius 3 is 1.79 bits per heavy atom. The number of aliphatic hydroxyl groups excluding tert-OH is 1. The van der Waals surface area contributed by atoms with E-state index in [-0.39, 0.29) is 23.7 Å². The zero-order chi connectivity index (χ0) is 26.6. The summed E-state index contributed by atoms with van der Waals surface area (Å²) in [5.41, 5.74) is 4.40. The van der Waals surface area contributed by atoms with Crippen LogP contribution in [0.1, 0.15) is 78.5 Å². The Kier molecular flexibility index (Phi) is 9.85. The third-order valence-corrected chi connectivity index (χ3v) is 5.88. The predicted octanol–water partition coefficient (Wildman–Crippen LogP) is 3.60. The lowest BCUT2D eigenvalue weighted by atomic mass is 9.83. The zero-order valence-corrected chi connectivity index (χ0v) is 22.3. The van der Waals surface area contributed by atoms with E-state index in [9.17, 15) is 19.5 Å². The Bertz CT molecular complexity index is 874. The summed E-state index contributed by atoms with van der Waals surface area (Å²) in [5.74, 6) is -3.22. The molecule has 1 rings (SSSR count). The van der Waals surface area contributed by atoms with Crippen molar-refractivity contribution >= 4 is 23.4 Å². The van der Waals surface area contributed by atoms with E-state index in [1.54, 1.807) is 0 Å². The Morgan fingerprint density at radius 2 is 1.41 bits per heavy atom. The minimum atomic E-state index is -1.74. The number of carbonyl (C=O) groups excluding carboxylic acids is 3. The Morgan fingerprint density at radius 1 is 0.912 bits per heavy atom. The second-order valence-electron chi connectivity index (χ2n) is 11.7. The van der Waals surface area contributed by atoms with Gasteiger partial charge in [-0.15, -0.1) is 0 Å². The number of carbonyl (C=O) groups is 3. The van der Waals surface area contributed by atoms with E-state index in [1.165, 1.54) is 5.48 Å². The van der Waals surface area contributed by atoms with Crippen LogP contribution >= 0.6 is 0 Å². The number of benzene rings is 1. The van der Waals surface area contributed by atoms with Crippen LogP contribution in [0, 0.1) is 31.1 Å². The van der Waals surface area contributed by atoms with Gasteiger partial charge in [0.25, 0.3) is 5.91 Å². The summed E-state index contributed by atoms with van der Waals surface area (Å²) in [5, 5.41) is 24.9. The van der Waals surface area contributed by atoms with Crippen molar-refractivity contribution < 1.29 is 24.7 Å². The number of rotatable bonds is 8. The van der Waals surface area contributed by atoms with Crippen molar-refractivity contribution in [2.45, 2.75) is 93.2 Å². The van der Waals surface area contributed by atoms with Crippen LogP contribution < -0.4 is 16.1 Å². The van der Waals surface area contributed by atoms with E-state index >= 15 is 0 Å². The Balaban J connectivity index is 3.25. The minimum Gasteiger partial charge on any atom is -0.382 e. The highest BCUT2D eigenvalue weighted by atomic mass is 16.5. The van der Waals surface area contributed by atoms with Crippen molar-refractivity contribution in [1.82, 2.24) is 10.8 Å². The average molecular weight is 478 g/mol. The highest BCUT2D eigenvalue weighted by molar-refractivity contribution is 5.99. The van der Waals surface area contributed by atoms with E-state index in [4.69, 9.17) is 5.21 Å². The topological polar surface area (TPSA) is 128 Å². The summed E-state index contributed by atoms with van der Waals surface area (Å²) in [4.78, 5) is 38.3. The fourth-order valence-corrected chi connectivity index (χ4v) is 3.85. The monoisotopic (exact) mass is 477 g/mol. The van der Waals surface area contributed by atoms with Gasteiger partial charge in [0.15, 0.2) is 0 Å². The SMILES string of the molecule is Cc1cc(C(C)(C)C)cc(C)c1NC(=O)C(NC(=O)C(CC(C)C)C(O)C(=O)NO)C(C)(C)C. The van der Waals surface area contributed by atoms with Gasteiger partial charge in [0.1, 0.15) is 12.1 Å². The summed E-state index contributed by atoms with van der Waals surface area (Å²) in [6, 6.07) is 3.17. The summed E-state index contributed by atoms with van der Waals surface area (Å²) in [7, 11) is 0. The fraction of sp³-hybridized carbons (Fsp3) is 0.654. The molecule has 5 N–H and O–H groups in total. The first-order chi connectivity index (χ1) is 15.4. The van der Waals surface area contributed by atoms with E-state index in [0.29, 0.717) is 5.69 Å². The highest BCUT2D eigenvalue weighted by Crippen LogP contribution is 2.30. The first-order valence-corrected chi connectivity index (χ1v) is 11.7. The molecule has 192 valence electrons. The molecule has 0 fully saturated rings. The van der Waals surface area contributed by atoms with Crippen molar-refractivity contribution in [3.8, 4) is 0 Å². The van der Waals surface area contributed by atoms with Gasteiger partial charge < -0.3 is 15.7 Å². The summed E-state index contributed by atoms with van der Waals surface area (Å²) in [6.07, 6.45) is -1.55. The first kappa shape index (κ1) is 29.6. The maximum atomic E-state index is 13.4. The van der Waals surface area contributed by atoms with Crippen LogP contribution in [0.4, 0.5) is 5.69 Å². The predicted molar refractivity (Wildman–Crippen MR) is 134 cm³/mol. The van der Waals surface area contributed by atoms with Gasteiger partial charge >= 0.3 is 0 Å². The lowest BCUT2D eigenvalue weighted by molar-refractivity contribution is -0.147. The molecule has 0 radical (unpaired) electrons. The molecule has 0 heterocycles. The molecule has 3 unspecified atom stereocenters. The molecule has 3 atom stereocenters. The molecule has 0 bridgehead atoms. The smallest absolute Gasteiger partial charge is 0.272 e. The first-order valence-electron chi connectivity index (χ1n) is 11.7. The molecule has 0 saturated carbocycles. The van der Waals surface area contributed by atoms with Gasteiger partial charge in [0, 0.05) is 5.69 Å². The van der Waals surface area contributed by atoms with Gasteiger partial charge in [0.05, 0.1) is 5.92 Å². The van der Waals surface area contributed by atoms with Crippen LogP contribution in [0.2, 0.25) is 0 Å². The number of amides is 3. The average Bonchev–Trinajstić information content (AvgIpc) is 2.69. The number of anilines is 1. The number of hydroxylamine groups is 1. The maximum absolute atomic E-state index is 13.4. The van der Waals surface area contributed by atoms with Crippen LogP contribution in [0.3, 0.4) is 0 Å². The van der Waals surface area contributed by atoms with E-state index < -0.39 is 35.3 Å². The van der Waals surface area contributed by atoms with Crippen LogP contribution in [-0.2, 0) is 19.8 Å². The molecule has 8 nitrogen and oxygen atoms in total. The van der Waals surface area contributed by atoms with E-state index in [2.05, 4.69) is 43.5 Å². The van der Waals surface area contributed by atoms with Gasteiger partial charge in [-0.1, -0.05) is 67.5 Å². The van der Waals surface area contributed by atoms with Gasteiger partial charge in [-0.05, 0) is 53.7 Å². The molecule has 34 heavy (non-hydrogen) atoms. The standard InChI is InChI=1S/C26H43N3O5/c1-14(2)11-18(20(30)23(32)29-34)22(31)28-21(26(8,9)10)24(33)27-19-15(3)12-17(13-16(19)4)25(5,6)7/h12-14,18,20-21,30,34H,11H2,1-10H3,(H,27,33)(H,28,31)(H,29,32). The van der Waals surface area contributed by atoms with Crippen molar-refractivity contribution in [3.63, 3.8) is 0 Å². The normalized spacial score (nSPS) is 14.9. The number of aryl methyl sites for hydroxylation is 2. The van der Waals surface area contributed by atoms with Crippen LogP contribution in [-0.4, -0.2) is 40.2 Å². The number of hydrogen-bond acceptors (Lipinski definition) is 5. The Labute approximate surface area is 203 Å². The van der Waals surface area contributed by atoms with Gasteiger partial charge in [-0.25, -0.2) is 5.48 Å². The quantitative estimate of drug-likeness (QED) is 0.289. The second kappa shape index (κ2) is 11.3. The second-order valence-corrected chi connectivity index (χ2v) is 11.7. The van der Waals surface area contributed by atoms with Crippen LogP contribution in [0.15, 0.2) is 12.1 Å². The molecule has 0 saturated heterocycles. The molecular formula is C26H43N3O5. The van der Waals surface area contributed by atoms with Crippen molar-refractivity contribution in [2.24, 2.45) is 17.3 Å².